The van der Waals surface area contributed by atoms with Gasteiger partial charge in [-0.3, -0.25) is 4.79 Å². The first kappa shape index (κ1) is 26.2. The average molecular weight is 590 g/mol. The van der Waals surface area contributed by atoms with Crippen molar-refractivity contribution in [2.75, 3.05) is 11.9 Å². The van der Waals surface area contributed by atoms with E-state index in [0.717, 1.165) is 27.7 Å². The highest BCUT2D eigenvalue weighted by molar-refractivity contribution is 9.10. The van der Waals surface area contributed by atoms with Crippen LogP contribution in [0, 0.1) is 0 Å². The van der Waals surface area contributed by atoms with Crippen LogP contribution in [-0.2, 0) is 17.8 Å². The smallest absolute Gasteiger partial charge is 0.260 e. The Morgan fingerprint density at radius 1 is 0.947 bits per heavy atom. The molecular formula is C31H29BrN2O3S. The Balaban J connectivity index is 1.31. The number of ether oxygens (including phenoxy) is 2. The molecule has 4 aromatic carbocycles. The summed E-state index contributed by atoms with van der Waals surface area (Å²) in [5, 5.41) is 8.74. The second-order valence-corrected chi connectivity index (χ2v) is 10.9. The summed E-state index contributed by atoms with van der Waals surface area (Å²) in [5.41, 5.74) is 3.94. The van der Waals surface area contributed by atoms with Crippen molar-refractivity contribution < 1.29 is 14.3 Å². The van der Waals surface area contributed by atoms with Crippen molar-refractivity contribution >= 4 is 56.1 Å². The van der Waals surface area contributed by atoms with Crippen LogP contribution < -0.4 is 20.1 Å². The van der Waals surface area contributed by atoms with Crippen LogP contribution in [0.4, 0.5) is 5.69 Å². The fourth-order valence-corrected chi connectivity index (χ4v) is 5.82. The van der Waals surface area contributed by atoms with E-state index in [-0.39, 0.29) is 11.4 Å². The summed E-state index contributed by atoms with van der Waals surface area (Å²) in [4.78, 5) is 13.3. The number of carbonyl (C=O) groups is 1. The maximum atomic E-state index is 12.7. The minimum absolute atomic E-state index is 0.108. The summed E-state index contributed by atoms with van der Waals surface area (Å²) in [7, 11) is 0. The van der Waals surface area contributed by atoms with Gasteiger partial charge in [0.15, 0.2) is 17.0 Å². The normalized spacial score (nSPS) is 16.0. The molecular weight excluding hydrogens is 560 g/mol. The van der Waals surface area contributed by atoms with E-state index in [9.17, 15) is 4.79 Å². The number of fused-ring (bicyclic) bond motifs is 1. The van der Waals surface area contributed by atoms with Crippen LogP contribution in [0.5, 0.6) is 11.5 Å². The molecule has 2 N–H and O–H groups in total. The van der Waals surface area contributed by atoms with Crippen molar-refractivity contribution in [1.82, 2.24) is 5.32 Å². The zero-order chi connectivity index (χ0) is 26.5. The molecule has 1 aliphatic heterocycles. The maximum Gasteiger partial charge on any atom is 0.260 e. The number of hydrogen-bond acceptors (Lipinski definition) is 5. The lowest BCUT2D eigenvalue weighted by Gasteiger charge is -2.15. The Morgan fingerprint density at radius 3 is 2.47 bits per heavy atom. The highest BCUT2D eigenvalue weighted by Gasteiger charge is 2.27. The number of halogens is 1. The summed E-state index contributed by atoms with van der Waals surface area (Å²) in [6.07, 6.45) is 2.87. The van der Waals surface area contributed by atoms with Crippen molar-refractivity contribution in [3.63, 3.8) is 0 Å². The first-order valence-electron chi connectivity index (χ1n) is 12.6. The minimum Gasteiger partial charge on any atom is -0.490 e. The summed E-state index contributed by atoms with van der Waals surface area (Å²) in [6.45, 7) is 4.98. The third kappa shape index (κ3) is 6.17. The second kappa shape index (κ2) is 12.0. The summed E-state index contributed by atoms with van der Waals surface area (Å²) in [5.74, 6) is 1.16. The molecule has 38 heavy (non-hydrogen) atoms. The number of thioether (sulfide) groups is 1. The van der Waals surface area contributed by atoms with E-state index in [0.29, 0.717) is 29.6 Å². The van der Waals surface area contributed by atoms with Crippen LogP contribution in [0.25, 0.3) is 16.8 Å². The Labute approximate surface area is 235 Å². The lowest BCUT2D eigenvalue weighted by molar-refractivity contribution is -0.116. The van der Waals surface area contributed by atoms with Crippen LogP contribution in [-0.4, -0.2) is 18.0 Å². The molecule has 5 rings (SSSR count). The van der Waals surface area contributed by atoms with Gasteiger partial charge in [-0.15, -0.1) is 0 Å². The molecule has 0 saturated carbocycles. The first-order valence-corrected chi connectivity index (χ1v) is 14.3. The largest absolute Gasteiger partial charge is 0.490 e. The zero-order valence-corrected chi connectivity index (χ0v) is 23.7. The SMILES string of the molecule is CCOc1cc(/C=C2\S[C@@H](Nc3ccc(CC)cc3)NC2=O)cc(Br)c1OCc1ccc2ccccc2c1. The van der Waals surface area contributed by atoms with Gasteiger partial charge in [0.1, 0.15) is 6.61 Å². The van der Waals surface area contributed by atoms with Gasteiger partial charge in [-0.05, 0) is 93.1 Å². The standard InChI is InChI=1S/C31H29BrN2O3S/c1-3-20-10-13-25(14-11-20)33-31-34-30(35)28(38-31)18-22-16-26(32)29(27(17-22)36-4-2)37-19-21-9-12-23-7-5-6-8-24(23)15-21/h5-18,31,33H,3-4,19H2,1-2H3,(H,34,35)/b28-18-/t31-/m0/s1. The van der Waals surface area contributed by atoms with Crippen molar-refractivity contribution in [1.29, 1.82) is 0 Å². The molecule has 0 unspecified atom stereocenters. The Kier molecular flexibility index (Phi) is 8.25. The van der Waals surface area contributed by atoms with Crippen LogP contribution in [0.2, 0.25) is 0 Å². The molecule has 0 aromatic heterocycles. The molecule has 1 saturated heterocycles. The van der Waals surface area contributed by atoms with E-state index in [1.165, 1.54) is 28.1 Å². The summed E-state index contributed by atoms with van der Waals surface area (Å²) < 4.78 is 12.9. The topological polar surface area (TPSA) is 59.6 Å². The molecule has 0 spiro atoms. The number of hydrogen-bond donors (Lipinski definition) is 2. The first-order chi connectivity index (χ1) is 18.5. The lowest BCUT2D eigenvalue weighted by Crippen LogP contribution is -2.30. The Morgan fingerprint density at radius 2 is 1.71 bits per heavy atom. The third-order valence-electron chi connectivity index (χ3n) is 6.22. The molecule has 0 aliphatic carbocycles. The predicted molar refractivity (Wildman–Crippen MR) is 161 cm³/mol. The monoisotopic (exact) mass is 588 g/mol. The molecule has 1 atom stereocenters. The molecule has 194 valence electrons. The maximum absolute atomic E-state index is 12.7. The number of benzene rings is 4. The van der Waals surface area contributed by atoms with Gasteiger partial charge in [0, 0.05) is 5.69 Å². The third-order valence-corrected chi connectivity index (χ3v) is 7.83. The van der Waals surface area contributed by atoms with Gasteiger partial charge in [0.05, 0.1) is 16.0 Å². The van der Waals surface area contributed by atoms with Gasteiger partial charge < -0.3 is 20.1 Å². The molecule has 5 nitrogen and oxygen atoms in total. The number of nitrogens with one attached hydrogen (secondary N) is 2. The number of aryl methyl sites for hydroxylation is 1. The van der Waals surface area contributed by atoms with E-state index < -0.39 is 0 Å². The average Bonchev–Trinajstić information content (AvgIpc) is 3.26. The van der Waals surface area contributed by atoms with Gasteiger partial charge >= 0.3 is 0 Å². The Bertz CT molecular complexity index is 1490. The molecule has 0 radical (unpaired) electrons. The predicted octanol–water partition coefficient (Wildman–Crippen LogP) is 7.74. The lowest BCUT2D eigenvalue weighted by atomic mass is 10.1. The van der Waals surface area contributed by atoms with Crippen molar-refractivity contribution in [3.8, 4) is 11.5 Å². The van der Waals surface area contributed by atoms with Gasteiger partial charge in [0.25, 0.3) is 5.91 Å². The fraction of sp³-hybridized carbons (Fsp3) is 0.194. The molecule has 1 fully saturated rings. The van der Waals surface area contributed by atoms with Gasteiger partial charge in [-0.25, -0.2) is 0 Å². The molecule has 1 amide bonds. The number of anilines is 1. The van der Waals surface area contributed by atoms with Crippen LogP contribution >= 0.6 is 27.7 Å². The second-order valence-electron chi connectivity index (χ2n) is 8.91. The van der Waals surface area contributed by atoms with Crippen molar-refractivity contribution in [2.45, 2.75) is 32.4 Å². The molecule has 1 heterocycles. The van der Waals surface area contributed by atoms with Gasteiger partial charge in [0.2, 0.25) is 0 Å². The van der Waals surface area contributed by atoms with E-state index in [2.05, 4.69) is 76.0 Å². The Hall–Kier alpha value is -3.42. The van der Waals surface area contributed by atoms with Gasteiger partial charge in [-0.2, -0.15) is 0 Å². The van der Waals surface area contributed by atoms with Crippen LogP contribution in [0.15, 0.2) is 88.2 Å². The quantitative estimate of drug-likeness (QED) is 0.196. The van der Waals surface area contributed by atoms with E-state index >= 15 is 0 Å². The van der Waals surface area contributed by atoms with Crippen molar-refractivity contribution in [3.05, 3.63) is 105 Å². The van der Waals surface area contributed by atoms with Gasteiger partial charge in [-0.1, -0.05) is 67.2 Å². The fourth-order valence-electron chi connectivity index (χ4n) is 4.26. The number of rotatable bonds is 9. The zero-order valence-electron chi connectivity index (χ0n) is 21.3. The minimum atomic E-state index is -0.236. The molecule has 7 heteroatoms. The molecule has 1 aliphatic rings. The van der Waals surface area contributed by atoms with Crippen molar-refractivity contribution in [2.24, 2.45) is 0 Å². The van der Waals surface area contributed by atoms with E-state index in [1.807, 2.05) is 49.4 Å². The van der Waals surface area contributed by atoms with Crippen LogP contribution in [0.1, 0.15) is 30.5 Å². The number of amides is 1. The molecule has 0 bridgehead atoms. The highest BCUT2D eigenvalue weighted by atomic mass is 79.9. The molecule has 4 aromatic rings. The van der Waals surface area contributed by atoms with Crippen LogP contribution in [0.3, 0.4) is 0 Å². The highest BCUT2D eigenvalue weighted by Crippen LogP contribution is 2.39. The summed E-state index contributed by atoms with van der Waals surface area (Å²) in [6, 6.07) is 26.7. The van der Waals surface area contributed by atoms with E-state index in [1.54, 1.807) is 0 Å². The van der Waals surface area contributed by atoms with E-state index in [4.69, 9.17) is 9.47 Å². The number of carbonyl (C=O) groups excluding carboxylic acids is 1. The summed E-state index contributed by atoms with van der Waals surface area (Å²) >= 11 is 5.12.